The fourth-order valence-corrected chi connectivity index (χ4v) is 5.33. The summed E-state index contributed by atoms with van der Waals surface area (Å²) in [7, 11) is 0. The molecule has 0 saturated carbocycles. The van der Waals surface area contributed by atoms with Gasteiger partial charge < -0.3 is 4.98 Å². The Morgan fingerprint density at radius 2 is 1.89 bits per heavy atom. The molecule has 0 unspecified atom stereocenters. The molecular formula is C32H31N5. The first-order valence-corrected chi connectivity index (χ1v) is 13.0. The van der Waals surface area contributed by atoms with Crippen LogP contribution in [-0.2, 0) is 0 Å². The number of allylic oxidation sites excluding steroid dienone is 3. The van der Waals surface area contributed by atoms with Gasteiger partial charge in [0.1, 0.15) is 5.69 Å². The van der Waals surface area contributed by atoms with Crippen molar-refractivity contribution < 1.29 is 0 Å². The number of aromatic nitrogens is 4. The number of nitrogens with one attached hydrogen (secondary N) is 2. The van der Waals surface area contributed by atoms with Crippen molar-refractivity contribution in [2.45, 2.75) is 19.8 Å². The van der Waals surface area contributed by atoms with E-state index >= 15 is 0 Å². The number of fused-ring (bicyclic) bond motifs is 2. The molecule has 184 valence electrons. The van der Waals surface area contributed by atoms with Gasteiger partial charge in [0.25, 0.3) is 0 Å². The van der Waals surface area contributed by atoms with Crippen LogP contribution in [0.2, 0.25) is 0 Å². The zero-order valence-corrected chi connectivity index (χ0v) is 21.2. The minimum atomic E-state index is 0.917. The van der Waals surface area contributed by atoms with Crippen LogP contribution in [-0.4, -0.2) is 44.7 Å². The van der Waals surface area contributed by atoms with Gasteiger partial charge in [-0.25, -0.2) is 0 Å². The Hall–Kier alpha value is -4.22. The lowest BCUT2D eigenvalue weighted by atomic mass is 9.99. The van der Waals surface area contributed by atoms with Crippen molar-refractivity contribution in [3.05, 3.63) is 103 Å². The molecule has 37 heavy (non-hydrogen) atoms. The van der Waals surface area contributed by atoms with E-state index in [1.807, 2.05) is 30.5 Å². The van der Waals surface area contributed by atoms with Gasteiger partial charge in [-0.15, -0.1) is 0 Å². The molecule has 0 radical (unpaired) electrons. The summed E-state index contributed by atoms with van der Waals surface area (Å²) in [6.07, 6.45) is 10.9. The van der Waals surface area contributed by atoms with Gasteiger partial charge in [0.15, 0.2) is 0 Å². The van der Waals surface area contributed by atoms with E-state index in [9.17, 15) is 0 Å². The number of benzene rings is 2. The lowest BCUT2D eigenvalue weighted by Crippen LogP contribution is -2.21. The van der Waals surface area contributed by atoms with E-state index < -0.39 is 0 Å². The van der Waals surface area contributed by atoms with Crippen molar-refractivity contribution in [1.82, 2.24) is 25.1 Å². The molecule has 4 heterocycles. The number of hydrogen-bond donors (Lipinski definition) is 2. The van der Waals surface area contributed by atoms with E-state index in [0.717, 1.165) is 51.0 Å². The Kier molecular flexibility index (Phi) is 6.29. The smallest absolute Gasteiger partial charge is 0.116 e. The first-order chi connectivity index (χ1) is 18.2. The normalized spacial score (nSPS) is 15.2. The van der Waals surface area contributed by atoms with Crippen LogP contribution in [0.15, 0.2) is 97.2 Å². The highest BCUT2D eigenvalue weighted by atomic mass is 15.1. The van der Waals surface area contributed by atoms with Crippen LogP contribution in [0.5, 0.6) is 0 Å². The Balaban J connectivity index is 1.38. The molecule has 0 bridgehead atoms. The fraction of sp³-hybridized carbons (Fsp3) is 0.188. The summed E-state index contributed by atoms with van der Waals surface area (Å²) in [5.41, 5.74) is 9.67. The molecule has 0 spiro atoms. The third kappa shape index (κ3) is 4.54. The lowest BCUT2D eigenvalue weighted by Gasteiger charge is -2.15. The topological polar surface area (TPSA) is 60.6 Å². The van der Waals surface area contributed by atoms with E-state index in [0.29, 0.717) is 0 Å². The molecule has 1 aliphatic rings. The number of rotatable bonds is 7. The predicted octanol–water partition coefficient (Wildman–Crippen LogP) is 7.38. The molecule has 3 aromatic heterocycles. The van der Waals surface area contributed by atoms with Crippen LogP contribution in [0.3, 0.4) is 0 Å². The Labute approximate surface area is 217 Å². The molecule has 5 nitrogen and oxygen atoms in total. The number of aromatic amines is 2. The minimum absolute atomic E-state index is 0.917. The zero-order valence-electron chi connectivity index (χ0n) is 21.2. The van der Waals surface area contributed by atoms with Gasteiger partial charge in [-0.3, -0.25) is 15.0 Å². The van der Waals surface area contributed by atoms with Gasteiger partial charge in [-0.1, -0.05) is 49.1 Å². The summed E-state index contributed by atoms with van der Waals surface area (Å²) in [5.74, 6) is 0. The second kappa shape index (κ2) is 10.0. The van der Waals surface area contributed by atoms with E-state index in [1.165, 1.54) is 42.6 Å². The first kappa shape index (κ1) is 23.2. The summed E-state index contributed by atoms with van der Waals surface area (Å²) < 4.78 is 0. The van der Waals surface area contributed by atoms with Crippen LogP contribution in [0.1, 0.15) is 25.3 Å². The Bertz CT molecular complexity index is 1630. The number of likely N-dealkylation sites (tertiary alicyclic amines) is 1. The SMILES string of the molecule is C=C/C(=C\C(=C/C)c1ccc2[nH]nc(-c3cc4c(-c5ccccn5)cccc4[nH]3)c2c1)CN1CCCC1. The molecule has 6 rings (SSSR count). The summed E-state index contributed by atoms with van der Waals surface area (Å²) in [6, 6.07) is 21.0. The molecule has 5 aromatic rings. The number of nitrogens with zero attached hydrogens (tertiary/aromatic N) is 3. The maximum Gasteiger partial charge on any atom is 0.116 e. The molecule has 1 aliphatic heterocycles. The number of hydrogen-bond acceptors (Lipinski definition) is 3. The molecule has 0 aliphatic carbocycles. The summed E-state index contributed by atoms with van der Waals surface area (Å²) in [6.45, 7) is 9.48. The monoisotopic (exact) mass is 485 g/mol. The zero-order chi connectivity index (χ0) is 25.2. The summed E-state index contributed by atoms with van der Waals surface area (Å²) in [4.78, 5) is 10.7. The molecule has 5 heteroatoms. The molecule has 0 amide bonds. The van der Waals surface area contributed by atoms with Crippen LogP contribution in [0, 0.1) is 0 Å². The van der Waals surface area contributed by atoms with Crippen molar-refractivity contribution in [1.29, 1.82) is 0 Å². The molecule has 1 saturated heterocycles. The van der Waals surface area contributed by atoms with Gasteiger partial charge in [0.05, 0.1) is 16.9 Å². The van der Waals surface area contributed by atoms with Crippen molar-refractivity contribution in [2.75, 3.05) is 19.6 Å². The fourth-order valence-electron chi connectivity index (χ4n) is 5.33. The predicted molar refractivity (Wildman–Crippen MR) is 154 cm³/mol. The van der Waals surface area contributed by atoms with Gasteiger partial charge >= 0.3 is 0 Å². The highest BCUT2D eigenvalue weighted by molar-refractivity contribution is 6.01. The molecule has 2 aromatic carbocycles. The van der Waals surface area contributed by atoms with E-state index in [1.54, 1.807) is 0 Å². The highest BCUT2D eigenvalue weighted by Gasteiger charge is 2.16. The second-order valence-electron chi connectivity index (χ2n) is 9.65. The van der Waals surface area contributed by atoms with Crippen LogP contribution < -0.4 is 0 Å². The van der Waals surface area contributed by atoms with Crippen molar-refractivity contribution >= 4 is 27.4 Å². The quantitative estimate of drug-likeness (QED) is 0.236. The average Bonchev–Trinajstić information content (AvgIpc) is 3.70. The van der Waals surface area contributed by atoms with E-state index in [2.05, 4.69) is 88.1 Å². The third-order valence-corrected chi connectivity index (χ3v) is 7.28. The summed E-state index contributed by atoms with van der Waals surface area (Å²) in [5, 5.41) is 10.2. The van der Waals surface area contributed by atoms with Gasteiger partial charge in [-0.2, -0.15) is 5.10 Å². The number of H-pyrrole nitrogens is 2. The van der Waals surface area contributed by atoms with Gasteiger partial charge in [0, 0.05) is 34.6 Å². The van der Waals surface area contributed by atoms with Crippen molar-refractivity contribution in [2.24, 2.45) is 0 Å². The van der Waals surface area contributed by atoms with Gasteiger partial charge in [-0.05, 0) is 86.0 Å². The standard InChI is InChI=1S/C32H31N5/c1-3-22(21-37-16-7-8-17-37)18-23(4-2)24-13-14-30-27(19-24)32(36-35-30)31-20-26-25(10-9-12-29(26)34-31)28-11-5-6-15-33-28/h3-6,9-15,18-20,34H,1,7-8,16-17,21H2,2H3,(H,35,36)/b22-18+,23-4+. The average molecular weight is 486 g/mol. The molecule has 0 atom stereocenters. The largest absolute Gasteiger partial charge is 0.353 e. The first-order valence-electron chi connectivity index (χ1n) is 13.0. The Morgan fingerprint density at radius 1 is 1.00 bits per heavy atom. The second-order valence-corrected chi connectivity index (χ2v) is 9.65. The van der Waals surface area contributed by atoms with Crippen molar-refractivity contribution in [3.8, 4) is 22.6 Å². The van der Waals surface area contributed by atoms with Crippen LogP contribution in [0.25, 0.3) is 50.0 Å². The summed E-state index contributed by atoms with van der Waals surface area (Å²) >= 11 is 0. The minimum Gasteiger partial charge on any atom is -0.353 e. The Morgan fingerprint density at radius 3 is 2.68 bits per heavy atom. The molecular weight excluding hydrogens is 454 g/mol. The lowest BCUT2D eigenvalue weighted by molar-refractivity contribution is 0.371. The third-order valence-electron chi connectivity index (χ3n) is 7.28. The van der Waals surface area contributed by atoms with E-state index in [-0.39, 0.29) is 0 Å². The molecule has 1 fully saturated rings. The van der Waals surface area contributed by atoms with Crippen LogP contribution >= 0.6 is 0 Å². The highest BCUT2D eigenvalue weighted by Crippen LogP contribution is 2.34. The molecule has 2 N–H and O–H groups in total. The van der Waals surface area contributed by atoms with Crippen molar-refractivity contribution in [3.63, 3.8) is 0 Å². The van der Waals surface area contributed by atoms with Gasteiger partial charge in [0.2, 0.25) is 0 Å². The maximum atomic E-state index is 4.71. The number of pyridine rings is 1. The van der Waals surface area contributed by atoms with E-state index in [4.69, 9.17) is 5.10 Å². The maximum absolute atomic E-state index is 4.71. The van der Waals surface area contributed by atoms with Crippen LogP contribution in [0.4, 0.5) is 0 Å².